The van der Waals surface area contributed by atoms with E-state index >= 15 is 0 Å². The predicted molar refractivity (Wildman–Crippen MR) is 45.0 cm³/mol. The second kappa shape index (κ2) is 2.96. The molecule has 0 spiro atoms. The summed E-state index contributed by atoms with van der Waals surface area (Å²) in [5.74, 6) is 2.77. The Hall–Kier alpha value is 0.350. The van der Waals surface area contributed by atoms with E-state index in [0.717, 1.165) is 0 Å². The number of hydrogen-bond donors (Lipinski definition) is 0. The highest BCUT2D eigenvalue weighted by molar-refractivity contribution is 7.99. The van der Waals surface area contributed by atoms with E-state index in [9.17, 15) is 0 Å². The van der Waals surface area contributed by atoms with Crippen LogP contribution >= 0.6 is 11.8 Å². The van der Waals surface area contributed by atoms with E-state index < -0.39 is 0 Å². The minimum atomic E-state index is 0.642. The van der Waals surface area contributed by atoms with E-state index in [4.69, 9.17) is 0 Å². The number of rotatable bonds is 0. The van der Waals surface area contributed by atoms with Crippen LogP contribution in [0.15, 0.2) is 0 Å². The van der Waals surface area contributed by atoms with Gasteiger partial charge in [0.25, 0.3) is 0 Å². The zero-order chi connectivity index (χ0) is 6.74. The van der Waals surface area contributed by atoms with Crippen molar-refractivity contribution in [1.29, 1.82) is 0 Å². The molecule has 1 aliphatic rings. The fourth-order valence-corrected chi connectivity index (χ4v) is 2.48. The van der Waals surface area contributed by atoms with E-state index in [1.54, 1.807) is 0 Å². The maximum absolute atomic E-state index is 2.39. The summed E-state index contributed by atoms with van der Waals surface area (Å²) in [4.78, 5) is 0. The molecule has 0 bridgehead atoms. The van der Waals surface area contributed by atoms with Crippen LogP contribution in [0, 0.1) is 5.41 Å². The molecule has 0 amide bonds. The van der Waals surface area contributed by atoms with Gasteiger partial charge in [-0.3, -0.25) is 0 Å². The summed E-state index contributed by atoms with van der Waals surface area (Å²) < 4.78 is 0. The zero-order valence-corrected chi connectivity index (χ0v) is 7.26. The SMILES string of the molecule is CC1(C)CCCSCC1. The van der Waals surface area contributed by atoms with Crippen LogP contribution in [0.5, 0.6) is 0 Å². The average Bonchev–Trinajstić information content (AvgIpc) is 1.92. The van der Waals surface area contributed by atoms with Crippen molar-refractivity contribution in [3.8, 4) is 0 Å². The molecule has 0 saturated carbocycles. The Balaban J connectivity index is 2.36. The van der Waals surface area contributed by atoms with Crippen molar-refractivity contribution in [3.05, 3.63) is 0 Å². The van der Waals surface area contributed by atoms with Crippen molar-refractivity contribution in [2.24, 2.45) is 5.41 Å². The molecule has 1 aliphatic heterocycles. The Kier molecular flexibility index (Phi) is 2.45. The third-order valence-corrected chi connectivity index (χ3v) is 3.14. The van der Waals surface area contributed by atoms with Crippen LogP contribution in [0.3, 0.4) is 0 Å². The molecule has 0 atom stereocenters. The molecule has 0 aromatic heterocycles. The summed E-state index contributed by atoms with van der Waals surface area (Å²) in [5, 5.41) is 0. The zero-order valence-electron chi connectivity index (χ0n) is 6.44. The molecule has 54 valence electrons. The van der Waals surface area contributed by atoms with Gasteiger partial charge in [0.1, 0.15) is 0 Å². The second-order valence-electron chi connectivity index (χ2n) is 3.63. The summed E-state index contributed by atoms with van der Waals surface area (Å²) in [6.07, 6.45) is 4.27. The van der Waals surface area contributed by atoms with Gasteiger partial charge < -0.3 is 0 Å². The van der Waals surface area contributed by atoms with Crippen molar-refractivity contribution in [3.63, 3.8) is 0 Å². The average molecular weight is 144 g/mol. The Bertz CT molecular complexity index is 76.6. The summed E-state index contributed by atoms with van der Waals surface area (Å²) in [6, 6.07) is 0. The van der Waals surface area contributed by atoms with Gasteiger partial charge in [-0.05, 0) is 36.2 Å². The fraction of sp³-hybridized carbons (Fsp3) is 1.00. The molecule has 0 unspecified atom stereocenters. The highest BCUT2D eigenvalue weighted by Crippen LogP contribution is 2.32. The summed E-state index contributed by atoms with van der Waals surface area (Å²) >= 11 is 2.12. The first-order valence-electron chi connectivity index (χ1n) is 3.78. The topological polar surface area (TPSA) is 0 Å². The molecule has 0 N–H and O–H groups in total. The molecule has 1 fully saturated rings. The molecule has 0 radical (unpaired) electrons. The molecule has 1 heterocycles. The van der Waals surface area contributed by atoms with Crippen LogP contribution in [-0.4, -0.2) is 11.5 Å². The van der Waals surface area contributed by atoms with E-state index in [1.807, 2.05) is 0 Å². The Morgan fingerprint density at radius 2 is 1.89 bits per heavy atom. The largest absolute Gasteiger partial charge is 0.162 e. The second-order valence-corrected chi connectivity index (χ2v) is 4.85. The van der Waals surface area contributed by atoms with Crippen molar-refractivity contribution < 1.29 is 0 Å². The van der Waals surface area contributed by atoms with Crippen LogP contribution < -0.4 is 0 Å². The van der Waals surface area contributed by atoms with E-state index in [2.05, 4.69) is 25.6 Å². The lowest BCUT2D eigenvalue weighted by atomic mass is 9.86. The van der Waals surface area contributed by atoms with Crippen molar-refractivity contribution >= 4 is 11.8 Å². The Labute approximate surface area is 62.4 Å². The quantitative estimate of drug-likeness (QED) is 0.503. The summed E-state index contributed by atoms with van der Waals surface area (Å²) in [6.45, 7) is 4.78. The third-order valence-electron chi connectivity index (χ3n) is 2.07. The fourth-order valence-electron chi connectivity index (χ4n) is 1.23. The van der Waals surface area contributed by atoms with Gasteiger partial charge in [0, 0.05) is 0 Å². The third kappa shape index (κ3) is 2.61. The smallest absolute Gasteiger partial charge is 0.00625 e. The standard InChI is InChI=1S/C8H16S/c1-8(2)4-3-6-9-7-5-8/h3-7H2,1-2H3. The van der Waals surface area contributed by atoms with Crippen molar-refractivity contribution in [2.45, 2.75) is 33.1 Å². The first-order chi connectivity index (χ1) is 4.21. The van der Waals surface area contributed by atoms with Gasteiger partial charge in [-0.25, -0.2) is 0 Å². The molecule has 0 aromatic rings. The highest BCUT2D eigenvalue weighted by Gasteiger charge is 2.18. The molecular weight excluding hydrogens is 128 g/mol. The maximum Gasteiger partial charge on any atom is -0.00625 e. The lowest BCUT2D eigenvalue weighted by molar-refractivity contribution is 0.327. The maximum atomic E-state index is 2.39. The van der Waals surface area contributed by atoms with Crippen LogP contribution in [0.4, 0.5) is 0 Å². The van der Waals surface area contributed by atoms with Gasteiger partial charge in [0.15, 0.2) is 0 Å². The molecule has 0 aromatic carbocycles. The van der Waals surface area contributed by atoms with Crippen LogP contribution in [0.25, 0.3) is 0 Å². The summed E-state index contributed by atoms with van der Waals surface area (Å²) in [5.41, 5.74) is 0.642. The van der Waals surface area contributed by atoms with E-state index in [0.29, 0.717) is 5.41 Å². The normalized spacial score (nSPS) is 27.3. The van der Waals surface area contributed by atoms with E-state index in [-0.39, 0.29) is 0 Å². The first-order valence-corrected chi connectivity index (χ1v) is 4.94. The highest BCUT2D eigenvalue weighted by atomic mass is 32.2. The van der Waals surface area contributed by atoms with Crippen molar-refractivity contribution in [2.75, 3.05) is 11.5 Å². The minimum absolute atomic E-state index is 0.642. The molecular formula is C8H16S. The van der Waals surface area contributed by atoms with Crippen molar-refractivity contribution in [1.82, 2.24) is 0 Å². The lowest BCUT2D eigenvalue weighted by Gasteiger charge is -2.20. The number of thioether (sulfide) groups is 1. The molecule has 1 saturated heterocycles. The van der Waals surface area contributed by atoms with Gasteiger partial charge >= 0.3 is 0 Å². The lowest BCUT2D eigenvalue weighted by Crippen LogP contribution is -2.09. The number of hydrogen-bond acceptors (Lipinski definition) is 1. The first kappa shape index (κ1) is 7.46. The molecule has 1 rings (SSSR count). The summed E-state index contributed by atoms with van der Waals surface area (Å²) in [7, 11) is 0. The van der Waals surface area contributed by atoms with Crippen LogP contribution in [0.2, 0.25) is 0 Å². The molecule has 0 nitrogen and oxygen atoms in total. The van der Waals surface area contributed by atoms with Gasteiger partial charge in [-0.15, -0.1) is 0 Å². The molecule has 1 heteroatoms. The van der Waals surface area contributed by atoms with Gasteiger partial charge in [-0.2, -0.15) is 11.8 Å². The van der Waals surface area contributed by atoms with Gasteiger partial charge in [0.05, 0.1) is 0 Å². The molecule has 9 heavy (non-hydrogen) atoms. The Morgan fingerprint density at radius 3 is 2.67 bits per heavy atom. The monoisotopic (exact) mass is 144 g/mol. The van der Waals surface area contributed by atoms with Gasteiger partial charge in [-0.1, -0.05) is 13.8 Å². The predicted octanol–water partition coefficient (Wildman–Crippen LogP) is 2.93. The van der Waals surface area contributed by atoms with Gasteiger partial charge in [0.2, 0.25) is 0 Å². The Morgan fingerprint density at radius 1 is 1.11 bits per heavy atom. The minimum Gasteiger partial charge on any atom is -0.162 e. The van der Waals surface area contributed by atoms with E-state index in [1.165, 1.54) is 30.8 Å². The van der Waals surface area contributed by atoms with Crippen LogP contribution in [-0.2, 0) is 0 Å². The molecule has 0 aliphatic carbocycles. The van der Waals surface area contributed by atoms with Crippen LogP contribution in [0.1, 0.15) is 33.1 Å².